The number of anilines is 1. The fourth-order valence-corrected chi connectivity index (χ4v) is 5.86. The molecule has 0 radical (unpaired) electrons. The maximum absolute atomic E-state index is 13.7. The molecule has 2 amide bonds. The van der Waals surface area contributed by atoms with E-state index in [0.29, 0.717) is 10.9 Å². The molecule has 3 aromatic rings. The number of carbonyl (C=O) groups is 3. The Hall–Kier alpha value is -3.34. The largest absolute Gasteiger partial charge is 0.427 e. The summed E-state index contributed by atoms with van der Waals surface area (Å²) in [6.45, 7) is 1.28. The Kier molecular flexibility index (Phi) is 7.67. The van der Waals surface area contributed by atoms with Crippen molar-refractivity contribution in [2.75, 3.05) is 11.4 Å². The first-order valence-electron chi connectivity index (χ1n) is 11.1. The quantitative estimate of drug-likeness (QED) is 0.231. The van der Waals surface area contributed by atoms with Crippen LogP contribution in [-0.4, -0.2) is 43.1 Å². The Morgan fingerprint density at radius 2 is 1.64 bits per heavy atom. The number of esters is 1. The summed E-state index contributed by atoms with van der Waals surface area (Å²) in [5.41, 5.74) is 1.18. The average molecular weight is 571 g/mol. The van der Waals surface area contributed by atoms with E-state index in [9.17, 15) is 22.8 Å². The number of amides is 2. The van der Waals surface area contributed by atoms with Gasteiger partial charge >= 0.3 is 5.97 Å². The minimum Gasteiger partial charge on any atom is -0.427 e. The maximum Gasteiger partial charge on any atom is 0.308 e. The molecule has 0 saturated carbocycles. The molecule has 1 atom stereocenters. The number of rotatable bonds is 8. The number of nitrogens with zero attached hydrogens (tertiary/aromatic N) is 2. The van der Waals surface area contributed by atoms with Gasteiger partial charge in [0.05, 0.1) is 17.0 Å². The Labute approximate surface area is 217 Å². The van der Waals surface area contributed by atoms with E-state index in [1.807, 2.05) is 30.3 Å². The highest BCUT2D eigenvalue weighted by atomic mass is 79.9. The molecule has 1 unspecified atom stereocenters. The van der Waals surface area contributed by atoms with Crippen LogP contribution in [0.3, 0.4) is 0 Å². The highest BCUT2D eigenvalue weighted by Crippen LogP contribution is 2.31. The Bertz CT molecular complexity index is 1380. The van der Waals surface area contributed by atoms with Crippen molar-refractivity contribution in [1.29, 1.82) is 0 Å². The minimum atomic E-state index is -4.10. The van der Waals surface area contributed by atoms with E-state index in [1.165, 1.54) is 43.3 Å². The monoisotopic (exact) mass is 570 g/mol. The molecule has 0 bridgehead atoms. The van der Waals surface area contributed by atoms with Gasteiger partial charge in [0.1, 0.15) is 11.8 Å². The van der Waals surface area contributed by atoms with Crippen LogP contribution >= 0.6 is 15.9 Å². The Morgan fingerprint density at radius 3 is 2.25 bits per heavy atom. The van der Waals surface area contributed by atoms with Crippen LogP contribution in [0, 0.1) is 0 Å². The summed E-state index contributed by atoms with van der Waals surface area (Å²) >= 11 is 3.30. The highest BCUT2D eigenvalue weighted by molar-refractivity contribution is 9.10. The second-order valence-corrected chi connectivity index (χ2v) is 11.0. The summed E-state index contributed by atoms with van der Waals surface area (Å²) in [7, 11) is -4.10. The third kappa shape index (κ3) is 5.56. The number of sulfonamides is 1. The molecule has 10 heteroatoms. The molecule has 1 saturated heterocycles. The van der Waals surface area contributed by atoms with Gasteiger partial charge in [0, 0.05) is 17.9 Å². The van der Waals surface area contributed by atoms with Crippen LogP contribution in [0.1, 0.15) is 18.9 Å². The van der Waals surface area contributed by atoms with Crippen LogP contribution < -0.4 is 9.64 Å². The van der Waals surface area contributed by atoms with Crippen LogP contribution in [-0.2, 0) is 30.8 Å². The van der Waals surface area contributed by atoms with E-state index in [-0.39, 0.29) is 29.3 Å². The van der Waals surface area contributed by atoms with Crippen LogP contribution in [0.25, 0.3) is 0 Å². The number of hydrogen-bond acceptors (Lipinski definition) is 6. The zero-order valence-electron chi connectivity index (χ0n) is 19.3. The predicted molar refractivity (Wildman–Crippen MR) is 137 cm³/mol. The van der Waals surface area contributed by atoms with Gasteiger partial charge in [-0.1, -0.05) is 46.3 Å². The summed E-state index contributed by atoms with van der Waals surface area (Å²) in [6.07, 6.45) is 0.0841. The van der Waals surface area contributed by atoms with Crippen molar-refractivity contribution in [3.8, 4) is 5.75 Å². The molecule has 0 N–H and O–H groups in total. The minimum absolute atomic E-state index is 0.0192. The van der Waals surface area contributed by atoms with Crippen LogP contribution in [0.4, 0.5) is 5.69 Å². The van der Waals surface area contributed by atoms with Crippen LogP contribution in [0.2, 0.25) is 0 Å². The van der Waals surface area contributed by atoms with E-state index in [2.05, 4.69) is 15.9 Å². The predicted octanol–water partition coefficient (Wildman–Crippen LogP) is 3.94. The molecule has 186 valence electrons. The molecule has 4 rings (SSSR count). The molecule has 1 aliphatic rings. The summed E-state index contributed by atoms with van der Waals surface area (Å²) in [6, 6.07) is 20.2. The standard InChI is InChI=1S/C26H23BrN2O6S/c1-18(30)35-22-11-9-21(10-12-22)29-25(31)17-24(26(29)32)28(16-15-19-5-3-2-4-6-19)36(33,34)23-13-7-20(27)8-14-23/h2-14,24H,15-17H2,1H3. The lowest BCUT2D eigenvalue weighted by atomic mass is 10.1. The zero-order chi connectivity index (χ0) is 25.9. The molecule has 36 heavy (non-hydrogen) atoms. The maximum atomic E-state index is 13.7. The Balaban J connectivity index is 1.65. The number of ether oxygens (including phenoxy) is 1. The number of imide groups is 1. The lowest BCUT2D eigenvalue weighted by molar-refractivity contribution is -0.132. The number of halogens is 1. The summed E-state index contributed by atoms with van der Waals surface area (Å²) in [5, 5.41) is 0. The first-order valence-corrected chi connectivity index (χ1v) is 13.4. The summed E-state index contributed by atoms with van der Waals surface area (Å²) in [5.74, 6) is -1.37. The summed E-state index contributed by atoms with van der Waals surface area (Å²) in [4.78, 5) is 38.6. The molecule has 1 aliphatic heterocycles. The van der Waals surface area contributed by atoms with E-state index < -0.39 is 33.8 Å². The van der Waals surface area contributed by atoms with Crippen molar-refractivity contribution < 1.29 is 27.5 Å². The second kappa shape index (κ2) is 10.7. The first-order chi connectivity index (χ1) is 17.2. The number of benzene rings is 3. The molecular formula is C26H23BrN2O6S. The molecule has 3 aromatic carbocycles. The average Bonchev–Trinajstić information content (AvgIpc) is 3.13. The summed E-state index contributed by atoms with van der Waals surface area (Å²) < 4.78 is 34.2. The van der Waals surface area contributed by atoms with Gasteiger partial charge in [-0.2, -0.15) is 4.31 Å². The highest BCUT2D eigenvalue weighted by Gasteiger charge is 2.46. The molecule has 1 fully saturated rings. The topological polar surface area (TPSA) is 101 Å². The number of hydrogen-bond donors (Lipinski definition) is 0. The van der Waals surface area contributed by atoms with E-state index >= 15 is 0 Å². The Morgan fingerprint density at radius 1 is 1.00 bits per heavy atom. The second-order valence-electron chi connectivity index (χ2n) is 8.18. The normalized spacial score (nSPS) is 16.0. The van der Waals surface area contributed by atoms with Gasteiger partial charge in [-0.3, -0.25) is 14.4 Å². The number of carbonyl (C=O) groups excluding carboxylic acids is 3. The fourth-order valence-electron chi connectivity index (χ4n) is 4.01. The van der Waals surface area contributed by atoms with Gasteiger partial charge in [0.15, 0.2) is 0 Å². The van der Waals surface area contributed by atoms with Crippen molar-refractivity contribution in [2.24, 2.45) is 0 Å². The van der Waals surface area contributed by atoms with E-state index in [1.54, 1.807) is 12.1 Å². The van der Waals surface area contributed by atoms with Crippen molar-refractivity contribution in [3.63, 3.8) is 0 Å². The van der Waals surface area contributed by atoms with Gasteiger partial charge in [-0.05, 0) is 60.5 Å². The smallest absolute Gasteiger partial charge is 0.308 e. The van der Waals surface area contributed by atoms with Crippen LogP contribution in [0.5, 0.6) is 5.75 Å². The van der Waals surface area contributed by atoms with Gasteiger partial charge in [-0.15, -0.1) is 0 Å². The first kappa shape index (κ1) is 25.7. The van der Waals surface area contributed by atoms with E-state index in [0.717, 1.165) is 14.8 Å². The zero-order valence-corrected chi connectivity index (χ0v) is 21.7. The van der Waals surface area contributed by atoms with Gasteiger partial charge in [0.25, 0.3) is 5.91 Å². The molecule has 1 heterocycles. The van der Waals surface area contributed by atoms with Gasteiger partial charge in [-0.25, -0.2) is 13.3 Å². The van der Waals surface area contributed by atoms with Crippen LogP contribution in [0.15, 0.2) is 88.2 Å². The molecule has 0 spiro atoms. The van der Waals surface area contributed by atoms with Gasteiger partial charge in [0.2, 0.25) is 15.9 Å². The van der Waals surface area contributed by atoms with E-state index in [4.69, 9.17) is 4.74 Å². The van der Waals surface area contributed by atoms with Crippen molar-refractivity contribution in [3.05, 3.63) is 88.9 Å². The molecular weight excluding hydrogens is 548 g/mol. The third-order valence-electron chi connectivity index (χ3n) is 5.71. The molecule has 0 aromatic heterocycles. The fraction of sp³-hybridized carbons (Fsp3) is 0.192. The third-order valence-corrected chi connectivity index (χ3v) is 8.16. The lowest BCUT2D eigenvalue weighted by Gasteiger charge is -2.27. The molecule has 0 aliphatic carbocycles. The van der Waals surface area contributed by atoms with Crippen molar-refractivity contribution in [2.45, 2.75) is 30.7 Å². The molecule has 8 nitrogen and oxygen atoms in total. The lowest BCUT2D eigenvalue weighted by Crippen LogP contribution is -2.46. The SMILES string of the molecule is CC(=O)Oc1ccc(N2C(=O)CC(N(CCc3ccccc3)S(=O)(=O)c3ccc(Br)cc3)C2=O)cc1. The van der Waals surface area contributed by atoms with Crippen molar-refractivity contribution >= 4 is 49.4 Å². The van der Waals surface area contributed by atoms with Crippen molar-refractivity contribution in [1.82, 2.24) is 4.31 Å². The van der Waals surface area contributed by atoms with Gasteiger partial charge < -0.3 is 4.74 Å².